The van der Waals surface area contributed by atoms with Crippen molar-refractivity contribution in [3.8, 4) is 5.75 Å². The number of benzene rings is 1. The number of ether oxygens (including phenoxy) is 1. The van der Waals surface area contributed by atoms with Crippen molar-refractivity contribution < 1.29 is 13.2 Å². The monoisotopic (exact) mass is 396 g/mol. The molecule has 152 valence electrons. The molecule has 0 spiro atoms. The molecule has 0 bridgehead atoms. The van der Waals surface area contributed by atoms with Crippen LogP contribution in [0.2, 0.25) is 0 Å². The average molecular weight is 397 g/mol. The number of anilines is 1. The highest BCUT2D eigenvalue weighted by molar-refractivity contribution is 7.90. The summed E-state index contributed by atoms with van der Waals surface area (Å²) in [6, 6.07) is 8.15. The number of para-hydroxylation sites is 2. The van der Waals surface area contributed by atoms with Crippen LogP contribution >= 0.6 is 0 Å². The topological polar surface area (TPSA) is 83.0 Å². The SMILES string of the molecule is CN=C(NCC1CCN(c2ccccc2OC)C1)NC(C)CCS(C)(=O)=O. The highest BCUT2D eigenvalue weighted by Gasteiger charge is 2.24. The number of rotatable bonds is 8. The van der Waals surface area contributed by atoms with Crippen LogP contribution in [0.25, 0.3) is 0 Å². The van der Waals surface area contributed by atoms with Crippen LogP contribution in [0.4, 0.5) is 5.69 Å². The van der Waals surface area contributed by atoms with Gasteiger partial charge in [0.15, 0.2) is 5.96 Å². The lowest BCUT2D eigenvalue weighted by Crippen LogP contribution is -2.44. The first kappa shape index (κ1) is 21.3. The van der Waals surface area contributed by atoms with Crippen LogP contribution in [-0.2, 0) is 9.84 Å². The van der Waals surface area contributed by atoms with Crippen molar-refractivity contribution in [1.29, 1.82) is 0 Å². The Morgan fingerprint density at radius 2 is 2.15 bits per heavy atom. The van der Waals surface area contributed by atoms with E-state index in [9.17, 15) is 8.42 Å². The fourth-order valence-corrected chi connectivity index (χ4v) is 4.02. The third-order valence-electron chi connectivity index (χ3n) is 4.80. The first-order valence-electron chi connectivity index (χ1n) is 9.35. The van der Waals surface area contributed by atoms with E-state index in [-0.39, 0.29) is 11.8 Å². The molecule has 1 aliphatic rings. The van der Waals surface area contributed by atoms with Crippen molar-refractivity contribution in [3.63, 3.8) is 0 Å². The van der Waals surface area contributed by atoms with Gasteiger partial charge >= 0.3 is 0 Å². The van der Waals surface area contributed by atoms with Gasteiger partial charge in [0, 0.05) is 39.0 Å². The number of nitrogens with zero attached hydrogens (tertiary/aromatic N) is 2. The van der Waals surface area contributed by atoms with E-state index in [0.29, 0.717) is 18.3 Å². The molecule has 0 amide bonds. The van der Waals surface area contributed by atoms with Gasteiger partial charge in [0.2, 0.25) is 0 Å². The van der Waals surface area contributed by atoms with Gasteiger partial charge in [-0.15, -0.1) is 0 Å². The van der Waals surface area contributed by atoms with E-state index in [1.807, 2.05) is 25.1 Å². The number of sulfone groups is 1. The second-order valence-electron chi connectivity index (χ2n) is 7.19. The number of nitrogens with one attached hydrogen (secondary N) is 2. The Kier molecular flexibility index (Phi) is 7.77. The maximum atomic E-state index is 11.3. The summed E-state index contributed by atoms with van der Waals surface area (Å²) >= 11 is 0. The largest absolute Gasteiger partial charge is 0.495 e. The molecule has 2 N–H and O–H groups in total. The molecule has 1 fully saturated rings. The predicted molar refractivity (Wildman–Crippen MR) is 112 cm³/mol. The summed E-state index contributed by atoms with van der Waals surface area (Å²) in [6.45, 7) is 4.76. The molecule has 1 heterocycles. The zero-order chi connectivity index (χ0) is 19.9. The van der Waals surface area contributed by atoms with Crippen LogP contribution in [0.15, 0.2) is 29.3 Å². The minimum absolute atomic E-state index is 0.0413. The van der Waals surface area contributed by atoms with Crippen LogP contribution in [-0.4, -0.2) is 66.2 Å². The molecule has 1 aromatic rings. The van der Waals surface area contributed by atoms with E-state index < -0.39 is 9.84 Å². The summed E-state index contributed by atoms with van der Waals surface area (Å²) in [7, 11) is 0.492. The molecule has 0 aliphatic carbocycles. The van der Waals surface area contributed by atoms with Gasteiger partial charge in [-0.2, -0.15) is 0 Å². The third-order valence-corrected chi connectivity index (χ3v) is 5.78. The van der Waals surface area contributed by atoms with E-state index in [1.165, 1.54) is 6.26 Å². The second kappa shape index (κ2) is 9.82. The van der Waals surface area contributed by atoms with Crippen molar-refractivity contribution in [2.24, 2.45) is 10.9 Å². The molecule has 27 heavy (non-hydrogen) atoms. The van der Waals surface area contributed by atoms with Gasteiger partial charge in [0.25, 0.3) is 0 Å². The molecule has 1 aliphatic heterocycles. The Balaban J connectivity index is 1.80. The van der Waals surface area contributed by atoms with Crippen LogP contribution < -0.4 is 20.3 Å². The van der Waals surface area contributed by atoms with Crippen LogP contribution in [0.1, 0.15) is 19.8 Å². The van der Waals surface area contributed by atoms with E-state index in [4.69, 9.17) is 4.74 Å². The summed E-state index contributed by atoms with van der Waals surface area (Å²) in [5.41, 5.74) is 1.14. The highest BCUT2D eigenvalue weighted by atomic mass is 32.2. The minimum Gasteiger partial charge on any atom is -0.495 e. The number of hydrogen-bond donors (Lipinski definition) is 2. The Bertz CT molecular complexity index is 736. The molecule has 0 radical (unpaired) electrons. The van der Waals surface area contributed by atoms with Gasteiger partial charge in [0.1, 0.15) is 15.6 Å². The van der Waals surface area contributed by atoms with Gasteiger partial charge in [-0.3, -0.25) is 4.99 Å². The molecular weight excluding hydrogens is 364 g/mol. The first-order chi connectivity index (χ1) is 12.8. The number of methoxy groups -OCH3 is 1. The van der Waals surface area contributed by atoms with Crippen molar-refractivity contribution in [1.82, 2.24) is 10.6 Å². The van der Waals surface area contributed by atoms with Crippen molar-refractivity contribution in [2.45, 2.75) is 25.8 Å². The Hall–Kier alpha value is -1.96. The van der Waals surface area contributed by atoms with Gasteiger partial charge < -0.3 is 20.3 Å². The number of aliphatic imine (C=N–C) groups is 1. The van der Waals surface area contributed by atoms with Crippen molar-refractivity contribution >= 4 is 21.5 Å². The molecule has 2 rings (SSSR count). The fourth-order valence-electron chi connectivity index (χ4n) is 3.24. The zero-order valence-corrected chi connectivity index (χ0v) is 17.6. The van der Waals surface area contributed by atoms with E-state index in [1.54, 1.807) is 14.2 Å². The standard InChI is InChI=1S/C19H32N4O3S/c1-15(10-12-27(4,24)25)22-19(20-2)21-13-16-9-11-23(14-16)17-7-5-6-8-18(17)26-3/h5-8,15-16H,9-14H2,1-4H3,(H2,20,21,22). The summed E-state index contributed by atoms with van der Waals surface area (Å²) in [4.78, 5) is 6.61. The van der Waals surface area contributed by atoms with E-state index in [2.05, 4.69) is 26.6 Å². The number of hydrogen-bond acceptors (Lipinski definition) is 5. The Morgan fingerprint density at radius 1 is 1.41 bits per heavy atom. The molecule has 2 unspecified atom stereocenters. The smallest absolute Gasteiger partial charge is 0.191 e. The average Bonchev–Trinajstić information content (AvgIpc) is 3.11. The summed E-state index contributed by atoms with van der Waals surface area (Å²) in [6.07, 6.45) is 2.93. The van der Waals surface area contributed by atoms with E-state index >= 15 is 0 Å². The summed E-state index contributed by atoms with van der Waals surface area (Å²) in [5, 5.41) is 6.64. The predicted octanol–water partition coefficient (Wildman–Crippen LogP) is 1.51. The second-order valence-corrected chi connectivity index (χ2v) is 9.45. The van der Waals surface area contributed by atoms with E-state index in [0.717, 1.165) is 37.5 Å². The number of guanidine groups is 1. The molecular formula is C19H32N4O3S. The van der Waals surface area contributed by atoms with Crippen LogP contribution in [0.5, 0.6) is 5.75 Å². The van der Waals surface area contributed by atoms with Crippen molar-refractivity contribution in [3.05, 3.63) is 24.3 Å². The van der Waals surface area contributed by atoms with Crippen LogP contribution in [0, 0.1) is 5.92 Å². The maximum absolute atomic E-state index is 11.3. The van der Waals surface area contributed by atoms with Gasteiger partial charge in [-0.1, -0.05) is 12.1 Å². The minimum atomic E-state index is -2.94. The molecule has 8 heteroatoms. The molecule has 1 saturated heterocycles. The highest BCUT2D eigenvalue weighted by Crippen LogP contribution is 2.31. The molecule has 2 atom stereocenters. The van der Waals surface area contributed by atoms with Crippen molar-refractivity contribution in [2.75, 3.05) is 50.7 Å². The first-order valence-corrected chi connectivity index (χ1v) is 11.4. The fraction of sp³-hybridized carbons (Fsp3) is 0.632. The Morgan fingerprint density at radius 3 is 2.81 bits per heavy atom. The molecule has 1 aromatic carbocycles. The zero-order valence-electron chi connectivity index (χ0n) is 16.7. The van der Waals surface area contributed by atoms with Gasteiger partial charge in [-0.25, -0.2) is 8.42 Å². The Labute approximate surface area is 163 Å². The quantitative estimate of drug-likeness (QED) is 0.512. The molecule has 0 saturated carbocycles. The molecule has 7 nitrogen and oxygen atoms in total. The third kappa shape index (κ3) is 6.93. The summed E-state index contributed by atoms with van der Waals surface area (Å²) in [5.74, 6) is 2.31. The van der Waals surface area contributed by atoms with Gasteiger partial charge in [0.05, 0.1) is 18.6 Å². The van der Waals surface area contributed by atoms with Gasteiger partial charge in [-0.05, 0) is 37.8 Å². The summed E-state index contributed by atoms with van der Waals surface area (Å²) < 4.78 is 28.1. The molecule has 0 aromatic heterocycles. The van der Waals surface area contributed by atoms with Crippen LogP contribution in [0.3, 0.4) is 0 Å². The lowest BCUT2D eigenvalue weighted by atomic mass is 10.1. The normalized spacial score (nSPS) is 19.0. The lowest BCUT2D eigenvalue weighted by Gasteiger charge is -2.22. The maximum Gasteiger partial charge on any atom is 0.191 e. The lowest BCUT2D eigenvalue weighted by molar-refractivity contribution is 0.414.